The first-order valence-electron chi connectivity index (χ1n) is 9.08. The second kappa shape index (κ2) is 9.46. The van der Waals surface area contributed by atoms with Gasteiger partial charge >= 0.3 is 5.97 Å². The fourth-order valence-corrected chi connectivity index (χ4v) is 3.01. The molecular weight excluding hydrogens is 374 g/mol. The summed E-state index contributed by atoms with van der Waals surface area (Å²) in [5.74, 6) is -2.08. The van der Waals surface area contributed by atoms with Crippen LogP contribution in [0.1, 0.15) is 53.4 Å². The number of amides is 1. The van der Waals surface area contributed by atoms with Crippen LogP contribution in [0.4, 0.5) is 5.69 Å². The number of nitrogens with zero attached hydrogens (tertiary/aromatic N) is 2. The van der Waals surface area contributed by atoms with Crippen molar-refractivity contribution in [2.75, 3.05) is 5.32 Å². The van der Waals surface area contributed by atoms with Crippen molar-refractivity contribution in [2.24, 2.45) is 5.92 Å². The van der Waals surface area contributed by atoms with Gasteiger partial charge in [-0.05, 0) is 42.7 Å². The van der Waals surface area contributed by atoms with Crippen LogP contribution in [0.3, 0.4) is 0 Å². The topological polar surface area (TPSA) is 133 Å². The fourth-order valence-electron chi connectivity index (χ4n) is 3.01. The molecule has 8 heteroatoms. The van der Waals surface area contributed by atoms with Gasteiger partial charge in [-0.25, -0.2) is 4.79 Å². The standard InChI is InChI=1S/C21H21N3O5/c1-3-14(10-15-6-4-5-7-17(15)12-22)20(25)23-19-11-16(21(26)27)8-9-18(19)13(2)24(28)29/h4-9,11,13-14H,3,10H2,1-2H3,(H,23,25)(H,26,27). The normalized spacial score (nSPS) is 12.4. The lowest BCUT2D eigenvalue weighted by atomic mass is 9.93. The molecule has 2 unspecified atom stereocenters. The van der Waals surface area contributed by atoms with Crippen molar-refractivity contribution in [3.63, 3.8) is 0 Å². The van der Waals surface area contributed by atoms with Crippen LogP contribution in [0.2, 0.25) is 0 Å². The summed E-state index contributed by atoms with van der Waals surface area (Å²) in [6, 6.07) is 11.8. The summed E-state index contributed by atoms with van der Waals surface area (Å²) >= 11 is 0. The van der Waals surface area contributed by atoms with E-state index < -0.39 is 22.9 Å². The second-order valence-corrected chi connectivity index (χ2v) is 6.64. The number of carbonyl (C=O) groups excluding carboxylic acids is 1. The van der Waals surface area contributed by atoms with Crippen LogP contribution in [0.25, 0.3) is 0 Å². The summed E-state index contributed by atoms with van der Waals surface area (Å²) in [4.78, 5) is 34.8. The lowest BCUT2D eigenvalue weighted by Gasteiger charge is -2.18. The molecular formula is C21H21N3O5. The Morgan fingerprint density at radius 2 is 1.97 bits per heavy atom. The van der Waals surface area contributed by atoms with E-state index in [2.05, 4.69) is 11.4 Å². The van der Waals surface area contributed by atoms with Crippen molar-refractivity contribution in [1.82, 2.24) is 0 Å². The molecule has 0 fully saturated rings. The summed E-state index contributed by atoms with van der Waals surface area (Å²) in [6.07, 6.45) is 0.801. The number of carbonyl (C=O) groups is 2. The Bertz CT molecular complexity index is 981. The van der Waals surface area contributed by atoms with Gasteiger partial charge in [0.25, 0.3) is 0 Å². The summed E-state index contributed by atoms with van der Waals surface area (Å²) in [5.41, 5.74) is 1.46. The third kappa shape index (κ3) is 5.17. The maximum atomic E-state index is 12.9. The molecule has 0 bridgehead atoms. The Kier molecular flexibility index (Phi) is 7.04. The zero-order valence-corrected chi connectivity index (χ0v) is 16.1. The van der Waals surface area contributed by atoms with E-state index in [0.717, 1.165) is 5.56 Å². The SMILES string of the molecule is CCC(Cc1ccccc1C#N)C(=O)Nc1cc(C(=O)O)ccc1C(C)[N+](=O)[O-]. The molecule has 2 rings (SSSR count). The smallest absolute Gasteiger partial charge is 0.335 e. The minimum Gasteiger partial charge on any atom is -0.478 e. The molecule has 2 aromatic rings. The number of rotatable bonds is 8. The molecule has 2 N–H and O–H groups in total. The Hall–Kier alpha value is -3.73. The van der Waals surface area contributed by atoms with E-state index in [-0.39, 0.29) is 22.7 Å². The molecule has 0 aliphatic heterocycles. The predicted octanol–water partition coefficient (Wildman–Crippen LogP) is 3.80. The van der Waals surface area contributed by atoms with Gasteiger partial charge in [0.15, 0.2) is 0 Å². The number of hydrogen-bond acceptors (Lipinski definition) is 5. The third-order valence-electron chi connectivity index (χ3n) is 4.79. The molecule has 0 aliphatic carbocycles. The largest absolute Gasteiger partial charge is 0.478 e. The molecule has 2 aromatic carbocycles. The van der Waals surface area contributed by atoms with Gasteiger partial charge in [0.05, 0.1) is 22.9 Å². The zero-order chi connectivity index (χ0) is 21.6. The van der Waals surface area contributed by atoms with Crippen molar-refractivity contribution < 1.29 is 19.6 Å². The van der Waals surface area contributed by atoms with Gasteiger partial charge < -0.3 is 10.4 Å². The van der Waals surface area contributed by atoms with E-state index in [0.29, 0.717) is 18.4 Å². The summed E-state index contributed by atoms with van der Waals surface area (Å²) in [6.45, 7) is 3.19. The van der Waals surface area contributed by atoms with Gasteiger partial charge in [-0.2, -0.15) is 5.26 Å². The lowest BCUT2D eigenvalue weighted by molar-refractivity contribution is -0.524. The average molecular weight is 395 g/mol. The highest BCUT2D eigenvalue weighted by Gasteiger charge is 2.25. The van der Waals surface area contributed by atoms with Gasteiger partial charge in [-0.15, -0.1) is 0 Å². The highest BCUT2D eigenvalue weighted by atomic mass is 16.6. The maximum absolute atomic E-state index is 12.9. The predicted molar refractivity (Wildman–Crippen MR) is 106 cm³/mol. The molecule has 150 valence electrons. The Morgan fingerprint density at radius 1 is 1.28 bits per heavy atom. The van der Waals surface area contributed by atoms with Gasteiger partial charge in [0.1, 0.15) is 0 Å². The van der Waals surface area contributed by atoms with E-state index >= 15 is 0 Å². The van der Waals surface area contributed by atoms with Gasteiger partial charge in [-0.3, -0.25) is 14.9 Å². The van der Waals surface area contributed by atoms with Gasteiger partial charge in [-0.1, -0.05) is 25.1 Å². The fraction of sp³-hybridized carbons (Fsp3) is 0.286. The first kappa shape index (κ1) is 21.6. The molecule has 0 saturated carbocycles. The summed E-state index contributed by atoms with van der Waals surface area (Å²) < 4.78 is 0. The van der Waals surface area contributed by atoms with E-state index in [1.807, 2.05) is 6.92 Å². The van der Waals surface area contributed by atoms with E-state index in [1.54, 1.807) is 24.3 Å². The first-order valence-corrected chi connectivity index (χ1v) is 9.08. The molecule has 29 heavy (non-hydrogen) atoms. The number of carboxylic acids is 1. The lowest BCUT2D eigenvalue weighted by Crippen LogP contribution is -2.25. The van der Waals surface area contributed by atoms with Crippen LogP contribution in [0.15, 0.2) is 42.5 Å². The van der Waals surface area contributed by atoms with E-state index in [1.165, 1.54) is 25.1 Å². The Balaban J connectivity index is 2.33. The van der Waals surface area contributed by atoms with E-state index in [9.17, 15) is 30.1 Å². The number of nitro groups is 1. The molecule has 0 radical (unpaired) electrons. The summed E-state index contributed by atoms with van der Waals surface area (Å²) in [7, 11) is 0. The number of carboxylic acid groups (broad SMARTS) is 1. The molecule has 0 heterocycles. The number of nitrogens with one attached hydrogen (secondary N) is 1. The van der Waals surface area contributed by atoms with Gasteiger partial charge in [0.2, 0.25) is 11.9 Å². The van der Waals surface area contributed by atoms with Crippen molar-refractivity contribution >= 4 is 17.6 Å². The molecule has 0 saturated heterocycles. The second-order valence-electron chi connectivity index (χ2n) is 6.64. The van der Waals surface area contributed by atoms with Crippen LogP contribution in [-0.4, -0.2) is 21.9 Å². The Morgan fingerprint density at radius 3 is 2.55 bits per heavy atom. The van der Waals surface area contributed by atoms with Crippen molar-refractivity contribution in [3.8, 4) is 6.07 Å². The molecule has 0 spiro atoms. The minimum absolute atomic E-state index is 0.0810. The van der Waals surface area contributed by atoms with Crippen molar-refractivity contribution in [1.29, 1.82) is 5.26 Å². The quantitative estimate of drug-likeness (QED) is 0.516. The van der Waals surface area contributed by atoms with Crippen molar-refractivity contribution in [3.05, 3.63) is 74.8 Å². The van der Waals surface area contributed by atoms with Crippen molar-refractivity contribution in [2.45, 2.75) is 32.7 Å². The van der Waals surface area contributed by atoms with E-state index in [4.69, 9.17) is 0 Å². The monoisotopic (exact) mass is 395 g/mol. The first-order chi connectivity index (χ1) is 13.8. The number of aromatic carboxylic acids is 1. The Labute approximate surface area is 167 Å². The van der Waals surface area contributed by atoms with Crippen LogP contribution in [-0.2, 0) is 11.2 Å². The van der Waals surface area contributed by atoms with Crippen LogP contribution < -0.4 is 5.32 Å². The zero-order valence-electron chi connectivity index (χ0n) is 16.1. The van der Waals surface area contributed by atoms with Crippen LogP contribution in [0, 0.1) is 27.4 Å². The molecule has 0 aromatic heterocycles. The number of nitriles is 1. The van der Waals surface area contributed by atoms with Crippen LogP contribution >= 0.6 is 0 Å². The number of hydrogen-bond donors (Lipinski definition) is 2. The maximum Gasteiger partial charge on any atom is 0.335 e. The molecule has 1 amide bonds. The number of anilines is 1. The van der Waals surface area contributed by atoms with Gasteiger partial charge in [0, 0.05) is 23.3 Å². The summed E-state index contributed by atoms with van der Waals surface area (Å²) in [5, 5.41) is 32.3. The minimum atomic E-state index is -1.20. The molecule has 0 aliphatic rings. The highest BCUT2D eigenvalue weighted by Crippen LogP contribution is 2.28. The molecule has 2 atom stereocenters. The third-order valence-corrected chi connectivity index (χ3v) is 4.79. The van der Waals surface area contributed by atoms with Crippen LogP contribution in [0.5, 0.6) is 0 Å². The average Bonchev–Trinajstić information content (AvgIpc) is 2.71. The number of benzene rings is 2. The molecule has 8 nitrogen and oxygen atoms in total. The highest BCUT2D eigenvalue weighted by molar-refractivity contribution is 5.96.